The molecule has 0 aliphatic carbocycles. The number of methoxy groups -OCH3 is 1. The molecular weight excluding hydrogens is 316 g/mol. The second-order valence-electron chi connectivity index (χ2n) is 6.53. The third-order valence-corrected chi connectivity index (χ3v) is 3.92. The summed E-state index contributed by atoms with van der Waals surface area (Å²) in [6, 6.07) is 9.86. The number of rotatable bonds is 10. The lowest BCUT2D eigenvalue weighted by Crippen LogP contribution is -2.33. The summed E-state index contributed by atoms with van der Waals surface area (Å²) >= 11 is 0. The van der Waals surface area contributed by atoms with Crippen LogP contribution in [-0.2, 0) is 13.2 Å². The summed E-state index contributed by atoms with van der Waals surface area (Å²) < 4.78 is 11.3. The van der Waals surface area contributed by atoms with Crippen LogP contribution in [0.3, 0.4) is 0 Å². The Kier molecular flexibility index (Phi) is 7.70. The van der Waals surface area contributed by atoms with Gasteiger partial charge in [0.15, 0.2) is 11.5 Å². The van der Waals surface area contributed by atoms with Gasteiger partial charge in [0.2, 0.25) is 0 Å². The summed E-state index contributed by atoms with van der Waals surface area (Å²) in [6.45, 7) is 5.56. The van der Waals surface area contributed by atoms with Crippen molar-refractivity contribution in [1.82, 2.24) is 10.3 Å². The lowest BCUT2D eigenvalue weighted by Gasteiger charge is -2.19. The molecule has 1 heterocycles. The Morgan fingerprint density at radius 1 is 1.16 bits per heavy atom. The molecule has 0 aliphatic heterocycles. The molecule has 1 aromatic heterocycles. The zero-order valence-corrected chi connectivity index (χ0v) is 15.2. The van der Waals surface area contributed by atoms with E-state index in [4.69, 9.17) is 9.47 Å². The molecule has 5 nitrogen and oxygen atoms in total. The normalized spacial score (nSPS) is 12.2. The van der Waals surface area contributed by atoms with Crippen LogP contribution in [0.1, 0.15) is 31.4 Å². The number of pyridine rings is 1. The molecule has 25 heavy (non-hydrogen) atoms. The van der Waals surface area contributed by atoms with E-state index in [1.807, 2.05) is 30.3 Å². The highest BCUT2D eigenvalue weighted by Gasteiger charge is 2.11. The molecule has 5 heteroatoms. The smallest absolute Gasteiger partial charge is 0.161 e. The Bertz CT molecular complexity index is 632. The largest absolute Gasteiger partial charge is 0.493 e. The summed E-state index contributed by atoms with van der Waals surface area (Å²) in [6.07, 6.45) is 4.47. The third kappa shape index (κ3) is 6.36. The summed E-state index contributed by atoms with van der Waals surface area (Å²) in [4.78, 5) is 4.09. The maximum absolute atomic E-state index is 9.49. The van der Waals surface area contributed by atoms with Crippen molar-refractivity contribution in [3.8, 4) is 11.5 Å². The first-order valence-electron chi connectivity index (χ1n) is 8.65. The predicted molar refractivity (Wildman–Crippen MR) is 98.7 cm³/mol. The van der Waals surface area contributed by atoms with Gasteiger partial charge in [-0.2, -0.15) is 0 Å². The number of aliphatic hydroxyl groups excluding tert-OH is 1. The zero-order chi connectivity index (χ0) is 18.1. The van der Waals surface area contributed by atoms with Crippen molar-refractivity contribution in [1.29, 1.82) is 0 Å². The monoisotopic (exact) mass is 344 g/mol. The average molecular weight is 344 g/mol. The summed E-state index contributed by atoms with van der Waals surface area (Å²) in [5, 5.41) is 12.9. The summed E-state index contributed by atoms with van der Waals surface area (Å²) in [5.74, 6) is 1.95. The first-order chi connectivity index (χ1) is 12.1. The average Bonchev–Trinajstić information content (AvgIpc) is 2.64. The second-order valence-corrected chi connectivity index (χ2v) is 6.53. The molecule has 0 saturated heterocycles. The molecule has 0 aliphatic rings. The highest BCUT2D eigenvalue weighted by molar-refractivity contribution is 5.43. The van der Waals surface area contributed by atoms with Gasteiger partial charge < -0.3 is 19.9 Å². The highest BCUT2D eigenvalue weighted by atomic mass is 16.5. The molecule has 0 radical (unpaired) electrons. The van der Waals surface area contributed by atoms with Crippen LogP contribution in [-0.4, -0.2) is 29.8 Å². The zero-order valence-electron chi connectivity index (χ0n) is 15.2. The number of nitrogens with zero attached hydrogens (tertiary/aromatic N) is 1. The van der Waals surface area contributed by atoms with Gasteiger partial charge in [-0.05, 0) is 36.1 Å². The minimum Gasteiger partial charge on any atom is -0.493 e. The highest BCUT2D eigenvalue weighted by Crippen LogP contribution is 2.29. The van der Waals surface area contributed by atoms with E-state index in [0.29, 0.717) is 30.6 Å². The fourth-order valence-corrected chi connectivity index (χ4v) is 2.64. The quantitative estimate of drug-likeness (QED) is 0.693. The molecule has 1 aromatic carbocycles. The predicted octanol–water partition coefficient (Wildman–Crippen LogP) is 3.17. The first kappa shape index (κ1) is 19.2. The Balaban J connectivity index is 2.00. The standard InChI is InChI=1S/C20H28N2O3/c1-15(2)9-18(13-23)22-12-16-6-7-19(24-3)20(10-16)25-14-17-5-4-8-21-11-17/h4-8,10-11,15,18,22-23H,9,12-14H2,1-3H3. The maximum atomic E-state index is 9.49. The lowest BCUT2D eigenvalue weighted by molar-refractivity contribution is 0.223. The van der Waals surface area contributed by atoms with Gasteiger partial charge in [-0.15, -0.1) is 0 Å². The van der Waals surface area contributed by atoms with Crippen LogP contribution in [0, 0.1) is 5.92 Å². The van der Waals surface area contributed by atoms with E-state index in [0.717, 1.165) is 17.5 Å². The molecule has 136 valence electrons. The number of nitrogens with one attached hydrogen (secondary N) is 1. The first-order valence-corrected chi connectivity index (χ1v) is 8.65. The fourth-order valence-electron chi connectivity index (χ4n) is 2.64. The van der Waals surface area contributed by atoms with Crippen LogP contribution in [0.4, 0.5) is 0 Å². The van der Waals surface area contributed by atoms with Crippen molar-refractivity contribution < 1.29 is 14.6 Å². The van der Waals surface area contributed by atoms with Gasteiger partial charge in [0.05, 0.1) is 13.7 Å². The van der Waals surface area contributed by atoms with Crippen LogP contribution in [0.15, 0.2) is 42.7 Å². The van der Waals surface area contributed by atoms with Crippen LogP contribution < -0.4 is 14.8 Å². The molecule has 1 unspecified atom stereocenters. The molecule has 2 N–H and O–H groups in total. The summed E-state index contributed by atoms with van der Waals surface area (Å²) in [7, 11) is 1.63. The summed E-state index contributed by atoms with van der Waals surface area (Å²) in [5.41, 5.74) is 2.09. The number of benzene rings is 1. The van der Waals surface area contributed by atoms with E-state index in [1.165, 1.54) is 0 Å². The van der Waals surface area contributed by atoms with Crippen LogP contribution in [0.25, 0.3) is 0 Å². The van der Waals surface area contributed by atoms with Gasteiger partial charge in [0.1, 0.15) is 6.61 Å². The number of aliphatic hydroxyl groups is 1. The molecular formula is C20H28N2O3. The van der Waals surface area contributed by atoms with Crippen molar-refractivity contribution in [2.24, 2.45) is 5.92 Å². The topological polar surface area (TPSA) is 63.6 Å². The van der Waals surface area contributed by atoms with E-state index in [-0.39, 0.29) is 12.6 Å². The molecule has 0 amide bonds. The van der Waals surface area contributed by atoms with Gasteiger partial charge in [-0.3, -0.25) is 4.98 Å². The minimum atomic E-state index is 0.0989. The number of hydrogen-bond donors (Lipinski definition) is 2. The van der Waals surface area contributed by atoms with Crippen molar-refractivity contribution in [3.63, 3.8) is 0 Å². The molecule has 0 bridgehead atoms. The van der Waals surface area contributed by atoms with E-state index >= 15 is 0 Å². The van der Waals surface area contributed by atoms with Gasteiger partial charge in [-0.1, -0.05) is 26.0 Å². The Morgan fingerprint density at radius 2 is 2.00 bits per heavy atom. The molecule has 0 saturated carbocycles. The van der Waals surface area contributed by atoms with Gasteiger partial charge in [0, 0.05) is 30.5 Å². The van der Waals surface area contributed by atoms with Crippen LogP contribution in [0.5, 0.6) is 11.5 Å². The molecule has 2 aromatic rings. The van der Waals surface area contributed by atoms with Crippen LogP contribution in [0.2, 0.25) is 0 Å². The van der Waals surface area contributed by atoms with E-state index in [9.17, 15) is 5.11 Å². The molecule has 0 spiro atoms. The van der Waals surface area contributed by atoms with Crippen LogP contribution >= 0.6 is 0 Å². The fraction of sp³-hybridized carbons (Fsp3) is 0.450. The number of hydrogen-bond acceptors (Lipinski definition) is 5. The lowest BCUT2D eigenvalue weighted by atomic mass is 10.0. The van der Waals surface area contributed by atoms with Gasteiger partial charge in [-0.25, -0.2) is 0 Å². The van der Waals surface area contributed by atoms with E-state index < -0.39 is 0 Å². The van der Waals surface area contributed by atoms with Crippen molar-refractivity contribution in [3.05, 3.63) is 53.9 Å². The second kappa shape index (κ2) is 10.0. The van der Waals surface area contributed by atoms with Gasteiger partial charge >= 0.3 is 0 Å². The third-order valence-electron chi connectivity index (χ3n) is 3.92. The number of ether oxygens (including phenoxy) is 2. The molecule has 1 atom stereocenters. The van der Waals surface area contributed by atoms with E-state index in [2.05, 4.69) is 24.1 Å². The Hall–Kier alpha value is -2.11. The van der Waals surface area contributed by atoms with Crippen molar-refractivity contribution in [2.45, 2.75) is 39.5 Å². The van der Waals surface area contributed by atoms with E-state index in [1.54, 1.807) is 19.5 Å². The SMILES string of the molecule is COc1ccc(CNC(CO)CC(C)C)cc1OCc1cccnc1. The van der Waals surface area contributed by atoms with Crippen molar-refractivity contribution in [2.75, 3.05) is 13.7 Å². The Labute approximate surface area is 150 Å². The van der Waals surface area contributed by atoms with Gasteiger partial charge in [0.25, 0.3) is 0 Å². The van der Waals surface area contributed by atoms with Crippen molar-refractivity contribution >= 4 is 0 Å². The molecule has 2 rings (SSSR count). The number of aromatic nitrogens is 1. The minimum absolute atomic E-state index is 0.0989. The maximum Gasteiger partial charge on any atom is 0.161 e. The molecule has 0 fully saturated rings. The Morgan fingerprint density at radius 3 is 2.64 bits per heavy atom.